The van der Waals surface area contributed by atoms with Crippen LogP contribution in [-0.4, -0.2) is 57.6 Å². The molecule has 5 N–H and O–H groups in total. The lowest BCUT2D eigenvalue weighted by molar-refractivity contribution is 0.159. The highest BCUT2D eigenvalue weighted by molar-refractivity contribution is 7.50. The van der Waals surface area contributed by atoms with Crippen LogP contribution in [0.15, 0.2) is 91.8 Å². The van der Waals surface area contributed by atoms with Gasteiger partial charge in [-0.05, 0) is 78.2 Å². The summed E-state index contributed by atoms with van der Waals surface area (Å²) in [5, 5.41) is 24.6. The molecule has 1 aliphatic heterocycles. The van der Waals surface area contributed by atoms with E-state index < -0.39 is 7.60 Å². The minimum Gasteiger partial charge on any atom is -0.508 e. The molecule has 0 bridgehead atoms. The molecule has 284 valence electrons. The molecule has 1 aliphatic rings. The van der Waals surface area contributed by atoms with E-state index >= 15 is 0 Å². The van der Waals surface area contributed by atoms with E-state index in [1.54, 1.807) is 18.2 Å². The Morgan fingerprint density at radius 2 is 1.36 bits per heavy atom. The van der Waals surface area contributed by atoms with Crippen molar-refractivity contribution in [3.63, 3.8) is 0 Å². The summed E-state index contributed by atoms with van der Waals surface area (Å²) < 4.78 is 9.33. The smallest absolute Gasteiger partial charge is 0.322 e. The molecule has 2 unspecified atom stereocenters. The highest BCUT2D eigenvalue weighted by Gasteiger charge is 2.22. The van der Waals surface area contributed by atoms with Crippen molar-refractivity contribution in [3.8, 4) is 0 Å². The molecule has 0 radical (unpaired) electrons. The monoisotopic (exact) mass is 692 g/mol. The summed E-state index contributed by atoms with van der Waals surface area (Å²) in [7, 11) is -2.64. The van der Waals surface area contributed by atoms with Crippen molar-refractivity contribution in [1.29, 1.82) is 0 Å². The van der Waals surface area contributed by atoms with Gasteiger partial charge >= 0.3 is 7.60 Å². The fourth-order valence-corrected chi connectivity index (χ4v) is 2.40. The first-order chi connectivity index (χ1) is 21.6. The second-order valence-electron chi connectivity index (χ2n) is 8.80. The average molecular weight is 692 g/mol. The predicted molar refractivity (Wildman–Crippen MR) is 218 cm³/mol. The zero-order chi connectivity index (χ0) is 38.6. The van der Waals surface area contributed by atoms with Crippen molar-refractivity contribution >= 4 is 13.3 Å². The summed E-state index contributed by atoms with van der Waals surface area (Å²) in [4.78, 5) is 17.7. The molecule has 0 aliphatic carbocycles. The van der Waals surface area contributed by atoms with Crippen molar-refractivity contribution in [2.45, 2.75) is 135 Å². The SMILES string of the molecule is C.C=C(C)C.C=C/C=C(O)\C=C/C.C=CC.CC.CC.CC.CC1CCN1c1ccccc1.CCCC(O)CC.CO.CP(=O)(O)O. The number of para-hydroxylation sites is 1. The fourth-order valence-electron chi connectivity index (χ4n) is 2.40. The van der Waals surface area contributed by atoms with Crippen LogP contribution in [0.2, 0.25) is 0 Å². The molecule has 2 atom stereocenters. The van der Waals surface area contributed by atoms with Crippen LogP contribution in [0.4, 0.5) is 5.69 Å². The van der Waals surface area contributed by atoms with Crippen molar-refractivity contribution < 1.29 is 29.7 Å². The average Bonchev–Trinajstić information content (AvgIpc) is 3.01. The predicted octanol–water partition coefficient (Wildman–Crippen LogP) is 11.9. The van der Waals surface area contributed by atoms with E-state index in [4.69, 9.17) is 25.1 Å². The number of aliphatic hydroxyl groups is 3. The molecule has 1 aromatic carbocycles. The number of nitrogens with zero attached hydrogens (tertiary/aromatic N) is 1. The summed E-state index contributed by atoms with van der Waals surface area (Å²) in [5.74, 6) is 0.238. The molecule has 7 nitrogen and oxygen atoms in total. The van der Waals surface area contributed by atoms with E-state index in [2.05, 4.69) is 68.8 Å². The van der Waals surface area contributed by atoms with Crippen LogP contribution >= 0.6 is 7.60 Å². The zero-order valence-electron chi connectivity index (χ0n) is 32.6. The van der Waals surface area contributed by atoms with Gasteiger partial charge in [0.2, 0.25) is 0 Å². The quantitative estimate of drug-likeness (QED) is 0.0871. The number of hydrogen-bond donors (Lipinski definition) is 5. The molecular formula is C39H82NO6P. The first-order valence-electron chi connectivity index (χ1n) is 16.5. The lowest BCUT2D eigenvalue weighted by Crippen LogP contribution is -2.45. The Hall–Kier alpha value is -2.41. The van der Waals surface area contributed by atoms with Gasteiger partial charge in [-0.1, -0.05) is 118 Å². The van der Waals surface area contributed by atoms with Gasteiger partial charge in [0, 0.05) is 32.0 Å². The van der Waals surface area contributed by atoms with Gasteiger partial charge in [-0.15, -0.1) is 13.2 Å². The highest BCUT2D eigenvalue weighted by atomic mass is 31.2. The van der Waals surface area contributed by atoms with Crippen LogP contribution in [-0.2, 0) is 4.57 Å². The van der Waals surface area contributed by atoms with Gasteiger partial charge in [0.05, 0.1) is 6.10 Å². The van der Waals surface area contributed by atoms with Crippen LogP contribution in [0.3, 0.4) is 0 Å². The molecule has 1 fully saturated rings. The van der Waals surface area contributed by atoms with Crippen LogP contribution < -0.4 is 4.90 Å². The van der Waals surface area contributed by atoms with E-state index in [1.165, 1.54) is 36.4 Å². The standard InChI is InChI=1S/C10H13N.C7H10O.C6H14O.C4H8.C3H6.3C2H6.CH5O3P.CH4O.CH4/c1-9-7-8-11(9)10-5-3-2-4-6-10;1-3-5-7(8)6-4-2;1-3-5-6(7)4-2;1-4(2)3;1-3-2;3*1-2;1-5(2,3)4;1-2;/h2-6,9H,7-8H2,1H3;3-6,8H,1H2,2H3;6-7H,3-5H2,1-2H3;1H2,2-3H3;3H,1H2,2H3;3*1-2H3;1H3,(H2,2,3,4);2H,1H3;1H4/b;6-4-,7-5+;;;;;;;;;. The Labute approximate surface area is 294 Å². The number of anilines is 1. The molecule has 8 heteroatoms. The van der Waals surface area contributed by atoms with Crippen molar-refractivity contribution in [2.24, 2.45) is 0 Å². The molecule has 1 aromatic rings. The number of aliphatic hydroxyl groups excluding tert-OH is 3. The third kappa shape index (κ3) is 86.1. The molecule has 2 rings (SSSR count). The maximum absolute atomic E-state index is 9.33. The van der Waals surface area contributed by atoms with Gasteiger partial charge in [0.25, 0.3) is 0 Å². The molecule has 0 amide bonds. The Morgan fingerprint density at radius 3 is 1.55 bits per heavy atom. The normalized spacial score (nSPS) is 12.2. The van der Waals surface area contributed by atoms with Gasteiger partial charge in [0.1, 0.15) is 5.76 Å². The lowest BCUT2D eigenvalue weighted by Gasteiger charge is -2.40. The van der Waals surface area contributed by atoms with Crippen LogP contribution in [0, 0.1) is 0 Å². The molecule has 0 saturated carbocycles. The summed E-state index contributed by atoms with van der Waals surface area (Å²) in [6.07, 6.45) is 12.4. The van der Waals surface area contributed by atoms with Gasteiger partial charge in [0.15, 0.2) is 0 Å². The second kappa shape index (κ2) is 59.1. The maximum atomic E-state index is 9.33. The summed E-state index contributed by atoms with van der Waals surface area (Å²) >= 11 is 0. The lowest BCUT2D eigenvalue weighted by atomic mass is 10.0. The minimum absolute atomic E-state index is 0. The van der Waals surface area contributed by atoms with Crippen LogP contribution in [0.5, 0.6) is 0 Å². The Morgan fingerprint density at radius 1 is 1.00 bits per heavy atom. The second-order valence-corrected chi connectivity index (χ2v) is 10.5. The summed E-state index contributed by atoms with van der Waals surface area (Å²) in [5.41, 5.74) is 2.53. The third-order valence-corrected chi connectivity index (χ3v) is 4.13. The van der Waals surface area contributed by atoms with Crippen LogP contribution in [0.1, 0.15) is 123 Å². The van der Waals surface area contributed by atoms with E-state index in [9.17, 15) is 4.57 Å². The van der Waals surface area contributed by atoms with Gasteiger partial charge in [-0.25, -0.2) is 0 Å². The van der Waals surface area contributed by atoms with E-state index in [-0.39, 0.29) is 19.3 Å². The largest absolute Gasteiger partial charge is 0.508 e. The molecule has 1 heterocycles. The first kappa shape index (κ1) is 66.9. The van der Waals surface area contributed by atoms with Crippen molar-refractivity contribution in [3.05, 3.63) is 91.8 Å². The van der Waals surface area contributed by atoms with E-state index in [0.717, 1.165) is 39.1 Å². The topological polar surface area (TPSA) is 121 Å². The number of hydrogen-bond acceptors (Lipinski definition) is 5. The van der Waals surface area contributed by atoms with Crippen molar-refractivity contribution in [1.82, 2.24) is 0 Å². The fraction of sp³-hybridized carbons (Fsp3) is 0.590. The third-order valence-electron chi connectivity index (χ3n) is 4.13. The van der Waals surface area contributed by atoms with E-state index in [1.807, 2.05) is 76.2 Å². The highest BCUT2D eigenvalue weighted by Crippen LogP contribution is 2.26. The molecule has 47 heavy (non-hydrogen) atoms. The number of rotatable bonds is 6. The summed E-state index contributed by atoms with van der Waals surface area (Å²) in [6, 6.07) is 11.4. The Balaban J connectivity index is -0.0000000522. The summed E-state index contributed by atoms with van der Waals surface area (Å²) in [6.45, 7) is 38.4. The zero-order valence-corrected chi connectivity index (χ0v) is 33.5. The number of allylic oxidation sites excluding steroid dienone is 6. The Bertz CT molecular complexity index is 793. The van der Waals surface area contributed by atoms with Crippen LogP contribution in [0.25, 0.3) is 0 Å². The molecular weight excluding hydrogens is 609 g/mol. The Kier molecular flexibility index (Phi) is 84.0. The van der Waals surface area contributed by atoms with E-state index in [0.29, 0.717) is 0 Å². The molecule has 0 aromatic heterocycles. The van der Waals surface area contributed by atoms with Gasteiger partial charge in [-0.2, -0.15) is 0 Å². The minimum atomic E-state index is -3.64. The van der Waals surface area contributed by atoms with Crippen molar-refractivity contribution in [2.75, 3.05) is 25.2 Å². The molecule has 1 saturated heterocycles. The van der Waals surface area contributed by atoms with Gasteiger partial charge < -0.3 is 30.0 Å². The first-order valence-corrected chi connectivity index (χ1v) is 18.5. The van der Waals surface area contributed by atoms with Gasteiger partial charge in [-0.3, -0.25) is 4.57 Å². The molecule has 0 spiro atoms. The maximum Gasteiger partial charge on any atom is 0.322 e. The number of benzene rings is 1.